The molecule has 1 aliphatic carbocycles. The largest absolute Gasteiger partial charge is 0.328 e. The molecular formula is C14H21NOS. The van der Waals surface area contributed by atoms with Crippen molar-refractivity contribution in [3.63, 3.8) is 0 Å². The topological polar surface area (TPSA) is 43.1 Å². The molecule has 0 heterocycles. The third kappa shape index (κ3) is 2.96. The summed E-state index contributed by atoms with van der Waals surface area (Å²) in [6.45, 7) is 4.12. The van der Waals surface area contributed by atoms with Gasteiger partial charge >= 0.3 is 0 Å². The Morgan fingerprint density at radius 1 is 1.18 bits per heavy atom. The summed E-state index contributed by atoms with van der Waals surface area (Å²) in [6.07, 6.45) is 4.03. The first-order chi connectivity index (χ1) is 8.08. The van der Waals surface area contributed by atoms with E-state index in [0.29, 0.717) is 11.3 Å². The highest BCUT2D eigenvalue weighted by molar-refractivity contribution is 7.85. The van der Waals surface area contributed by atoms with Gasteiger partial charge in [-0.2, -0.15) is 0 Å². The zero-order valence-electron chi connectivity index (χ0n) is 10.6. The summed E-state index contributed by atoms with van der Waals surface area (Å²) >= 11 is 0. The minimum absolute atomic E-state index is 0.302. The van der Waals surface area contributed by atoms with E-state index in [0.717, 1.165) is 36.1 Å². The lowest BCUT2D eigenvalue weighted by Gasteiger charge is -2.25. The smallest absolute Gasteiger partial charge is 0.0563 e. The van der Waals surface area contributed by atoms with Crippen molar-refractivity contribution < 1.29 is 4.21 Å². The molecule has 2 N–H and O–H groups in total. The normalized spacial score (nSPS) is 26.8. The molecule has 0 radical (unpaired) electrons. The van der Waals surface area contributed by atoms with Gasteiger partial charge in [-0.25, -0.2) is 0 Å². The van der Waals surface area contributed by atoms with Crippen LogP contribution >= 0.6 is 0 Å². The van der Waals surface area contributed by atoms with E-state index in [9.17, 15) is 4.21 Å². The van der Waals surface area contributed by atoms with E-state index in [-0.39, 0.29) is 0 Å². The van der Waals surface area contributed by atoms with Crippen molar-refractivity contribution in [1.82, 2.24) is 0 Å². The van der Waals surface area contributed by atoms with E-state index in [1.54, 1.807) is 0 Å². The van der Waals surface area contributed by atoms with Crippen molar-refractivity contribution in [2.75, 3.05) is 0 Å². The van der Waals surface area contributed by atoms with Gasteiger partial charge in [-0.1, -0.05) is 17.7 Å². The fourth-order valence-corrected chi connectivity index (χ4v) is 4.15. The molecule has 0 saturated heterocycles. The second kappa shape index (κ2) is 5.32. The maximum Gasteiger partial charge on any atom is 0.0563 e. The molecule has 0 amide bonds. The zero-order valence-corrected chi connectivity index (χ0v) is 11.4. The summed E-state index contributed by atoms with van der Waals surface area (Å²) in [5.74, 6) is 0. The maximum absolute atomic E-state index is 12.5. The van der Waals surface area contributed by atoms with Gasteiger partial charge in [0.15, 0.2) is 0 Å². The van der Waals surface area contributed by atoms with E-state index < -0.39 is 10.8 Å². The molecule has 3 heteroatoms. The van der Waals surface area contributed by atoms with Gasteiger partial charge in [0.1, 0.15) is 0 Å². The van der Waals surface area contributed by atoms with Crippen LogP contribution in [0.2, 0.25) is 0 Å². The van der Waals surface area contributed by atoms with Crippen molar-refractivity contribution >= 4 is 10.8 Å². The van der Waals surface area contributed by atoms with E-state index >= 15 is 0 Å². The number of benzene rings is 1. The highest BCUT2D eigenvalue weighted by atomic mass is 32.2. The van der Waals surface area contributed by atoms with Gasteiger partial charge in [-0.05, 0) is 51.2 Å². The molecule has 1 saturated carbocycles. The SMILES string of the molecule is Cc1ccc(S(=O)C2CCC(N)CC2)c(C)c1. The molecule has 1 aliphatic rings. The molecule has 1 aromatic rings. The van der Waals surface area contributed by atoms with Gasteiger partial charge in [0, 0.05) is 16.2 Å². The van der Waals surface area contributed by atoms with E-state index in [2.05, 4.69) is 26.0 Å². The molecule has 1 aromatic carbocycles. The second-order valence-electron chi connectivity index (χ2n) is 5.10. The summed E-state index contributed by atoms with van der Waals surface area (Å²) < 4.78 is 12.5. The lowest BCUT2D eigenvalue weighted by Crippen LogP contribution is -2.31. The van der Waals surface area contributed by atoms with Gasteiger partial charge in [0.25, 0.3) is 0 Å². The van der Waals surface area contributed by atoms with Crippen LogP contribution in [0, 0.1) is 13.8 Å². The summed E-state index contributed by atoms with van der Waals surface area (Å²) in [5, 5.41) is 0.302. The molecule has 0 aromatic heterocycles. The van der Waals surface area contributed by atoms with Crippen LogP contribution in [0.15, 0.2) is 23.1 Å². The lowest BCUT2D eigenvalue weighted by atomic mass is 9.96. The fourth-order valence-electron chi connectivity index (χ4n) is 2.51. The Labute approximate surface area is 106 Å². The summed E-state index contributed by atoms with van der Waals surface area (Å²) in [5.41, 5.74) is 8.27. The van der Waals surface area contributed by atoms with Gasteiger partial charge in [-0.3, -0.25) is 4.21 Å². The molecule has 0 spiro atoms. The number of hydrogen-bond donors (Lipinski definition) is 1. The van der Waals surface area contributed by atoms with Crippen LogP contribution < -0.4 is 5.73 Å². The Hall–Kier alpha value is -0.670. The van der Waals surface area contributed by atoms with Crippen LogP contribution in [0.25, 0.3) is 0 Å². The quantitative estimate of drug-likeness (QED) is 0.878. The average Bonchev–Trinajstić information content (AvgIpc) is 2.29. The Bertz CT molecular complexity index is 422. The van der Waals surface area contributed by atoms with Crippen molar-refractivity contribution in [2.24, 2.45) is 5.73 Å². The molecule has 2 nitrogen and oxygen atoms in total. The van der Waals surface area contributed by atoms with E-state index in [4.69, 9.17) is 5.73 Å². The molecule has 0 aliphatic heterocycles. The molecule has 1 atom stereocenters. The van der Waals surface area contributed by atoms with Gasteiger partial charge < -0.3 is 5.73 Å². The Kier molecular flexibility index (Phi) is 4.00. The Balaban J connectivity index is 2.14. The van der Waals surface area contributed by atoms with E-state index in [1.165, 1.54) is 5.56 Å². The van der Waals surface area contributed by atoms with Gasteiger partial charge in [-0.15, -0.1) is 0 Å². The molecular weight excluding hydrogens is 230 g/mol. The molecule has 94 valence electrons. The minimum atomic E-state index is -0.860. The molecule has 17 heavy (non-hydrogen) atoms. The average molecular weight is 251 g/mol. The number of nitrogens with two attached hydrogens (primary N) is 1. The molecule has 1 unspecified atom stereocenters. The van der Waals surface area contributed by atoms with Crippen LogP contribution in [0.3, 0.4) is 0 Å². The number of hydrogen-bond acceptors (Lipinski definition) is 2. The first-order valence-corrected chi connectivity index (χ1v) is 7.52. The van der Waals surface area contributed by atoms with Crippen LogP contribution in [0.4, 0.5) is 0 Å². The number of rotatable bonds is 2. The fraction of sp³-hybridized carbons (Fsp3) is 0.571. The summed E-state index contributed by atoms with van der Waals surface area (Å²) in [4.78, 5) is 1.01. The van der Waals surface area contributed by atoms with Crippen LogP contribution in [0.5, 0.6) is 0 Å². The highest BCUT2D eigenvalue weighted by Gasteiger charge is 2.25. The van der Waals surface area contributed by atoms with Crippen LogP contribution in [0.1, 0.15) is 36.8 Å². The van der Waals surface area contributed by atoms with Crippen molar-refractivity contribution in [2.45, 2.75) is 55.7 Å². The second-order valence-corrected chi connectivity index (χ2v) is 6.80. The number of aryl methyl sites for hydroxylation is 2. The summed E-state index contributed by atoms with van der Waals surface area (Å²) in [6, 6.07) is 6.51. The van der Waals surface area contributed by atoms with Crippen LogP contribution in [-0.2, 0) is 10.8 Å². The lowest BCUT2D eigenvalue weighted by molar-refractivity contribution is 0.444. The summed E-state index contributed by atoms with van der Waals surface area (Å²) in [7, 11) is -0.860. The van der Waals surface area contributed by atoms with Crippen molar-refractivity contribution in [1.29, 1.82) is 0 Å². The van der Waals surface area contributed by atoms with Crippen molar-refractivity contribution in [3.8, 4) is 0 Å². The van der Waals surface area contributed by atoms with Gasteiger partial charge in [0.2, 0.25) is 0 Å². The first-order valence-electron chi connectivity index (χ1n) is 6.31. The standard InChI is InChI=1S/C14H21NOS/c1-10-3-8-14(11(2)9-10)17(16)13-6-4-12(15)5-7-13/h3,8-9,12-13H,4-7,15H2,1-2H3. The molecule has 2 rings (SSSR count). The van der Waals surface area contributed by atoms with Crippen molar-refractivity contribution in [3.05, 3.63) is 29.3 Å². The third-order valence-corrected chi connectivity index (χ3v) is 5.54. The Morgan fingerprint density at radius 3 is 2.41 bits per heavy atom. The molecule has 0 bridgehead atoms. The monoisotopic (exact) mass is 251 g/mol. The third-order valence-electron chi connectivity index (χ3n) is 3.57. The Morgan fingerprint density at radius 2 is 1.82 bits per heavy atom. The predicted molar refractivity (Wildman–Crippen MR) is 72.6 cm³/mol. The minimum Gasteiger partial charge on any atom is -0.328 e. The van der Waals surface area contributed by atoms with Gasteiger partial charge in [0.05, 0.1) is 10.8 Å². The molecule has 1 fully saturated rings. The first kappa shape index (κ1) is 12.8. The van der Waals surface area contributed by atoms with E-state index in [1.807, 2.05) is 6.07 Å². The predicted octanol–water partition coefficient (Wildman–Crippen LogP) is 2.68. The highest BCUT2D eigenvalue weighted by Crippen LogP contribution is 2.27. The zero-order chi connectivity index (χ0) is 12.4. The maximum atomic E-state index is 12.5. The van der Waals surface area contributed by atoms with Crippen LogP contribution in [-0.4, -0.2) is 15.5 Å².